The quantitative estimate of drug-likeness (QED) is 0.555. The Hall–Kier alpha value is -3.09. The maximum atomic E-state index is 13.4. The minimum Gasteiger partial charge on any atom is -0.306 e. The first-order valence-corrected chi connectivity index (χ1v) is 14.4. The Morgan fingerprint density at radius 1 is 0.943 bits per heavy atom. The number of nitrogens with one attached hydrogen (secondary N) is 1. The Morgan fingerprint density at radius 3 is 2.26 bits per heavy atom. The van der Waals surface area contributed by atoms with Crippen molar-refractivity contribution in [3.63, 3.8) is 0 Å². The number of nitrogens with zero attached hydrogens (tertiary/aromatic N) is 3. The van der Waals surface area contributed by atoms with Gasteiger partial charge in [0.15, 0.2) is 9.84 Å². The lowest BCUT2D eigenvalue weighted by atomic mass is 10.2. The summed E-state index contributed by atoms with van der Waals surface area (Å²) in [4.78, 5) is 13.2. The van der Waals surface area contributed by atoms with Gasteiger partial charge in [0.2, 0.25) is 10.0 Å². The summed E-state index contributed by atoms with van der Waals surface area (Å²) in [6.45, 7) is 0.956. The standard InChI is InChI=1S/C23H23FN4O5S2/c24-17-6-8-18(9-7-17)28-22(20-14-34(30,31)15-21(20)26-28)25-23(29)16-4-10-19(11-5-16)35(32,33)27-12-2-1-3-13-27/h4-11H,1-3,12-15H2,(H,25,29). The van der Waals surface area contributed by atoms with Gasteiger partial charge in [-0.3, -0.25) is 4.79 Å². The molecule has 1 amide bonds. The molecule has 0 spiro atoms. The van der Waals surface area contributed by atoms with E-state index in [4.69, 9.17) is 0 Å². The third kappa shape index (κ3) is 4.60. The monoisotopic (exact) mass is 518 g/mol. The molecular weight excluding hydrogens is 495 g/mol. The van der Waals surface area contributed by atoms with Gasteiger partial charge in [-0.2, -0.15) is 9.40 Å². The first-order chi connectivity index (χ1) is 16.6. The first kappa shape index (κ1) is 23.6. The highest BCUT2D eigenvalue weighted by Gasteiger charge is 2.33. The SMILES string of the molecule is O=C(Nc1c2c(nn1-c1ccc(F)cc1)CS(=O)(=O)C2)c1ccc(S(=O)(=O)N2CCCCC2)cc1. The number of aromatic nitrogens is 2. The third-order valence-electron chi connectivity index (χ3n) is 6.16. The van der Waals surface area contributed by atoms with Crippen molar-refractivity contribution in [2.75, 3.05) is 18.4 Å². The second-order valence-corrected chi connectivity index (χ2v) is 12.6. The Bertz CT molecular complexity index is 1490. The molecule has 3 aromatic rings. The molecule has 0 unspecified atom stereocenters. The summed E-state index contributed by atoms with van der Waals surface area (Å²) in [5.41, 5.74) is 1.36. The average Bonchev–Trinajstić information content (AvgIpc) is 3.32. The summed E-state index contributed by atoms with van der Waals surface area (Å²) >= 11 is 0. The zero-order chi connectivity index (χ0) is 24.8. The van der Waals surface area contributed by atoms with Gasteiger partial charge in [-0.25, -0.2) is 25.9 Å². The van der Waals surface area contributed by atoms with Crippen molar-refractivity contribution < 1.29 is 26.0 Å². The minimum absolute atomic E-state index is 0.110. The molecule has 5 rings (SSSR count). The maximum Gasteiger partial charge on any atom is 0.256 e. The van der Waals surface area contributed by atoms with Crippen LogP contribution in [0.3, 0.4) is 0 Å². The van der Waals surface area contributed by atoms with E-state index < -0.39 is 31.6 Å². The van der Waals surface area contributed by atoms with Crippen LogP contribution in [-0.4, -0.2) is 49.9 Å². The lowest BCUT2D eigenvalue weighted by molar-refractivity contribution is 0.102. The summed E-state index contributed by atoms with van der Waals surface area (Å²) < 4.78 is 66.3. The van der Waals surface area contributed by atoms with E-state index in [1.165, 1.54) is 57.5 Å². The van der Waals surface area contributed by atoms with Crippen molar-refractivity contribution >= 4 is 31.6 Å². The van der Waals surface area contributed by atoms with E-state index in [1.54, 1.807) is 0 Å². The summed E-state index contributed by atoms with van der Waals surface area (Å²) in [6, 6.07) is 11.1. The zero-order valence-corrected chi connectivity index (χ0v) is 20.3. The van der Waals surface area contributed by atoms with Gasteiger partial charge in [0.25, 0.3) is 5.91 Å². The highest BCUT2D eigenvalue weighted by molar-refractivity contribution is 7.90. The van der Waals surface area contributed by atoms with E-state index in [1.807, 2.05) is 0 Å². The van der Waals surface area contributed by atoms with E-state index >= 15 is 0 Å². The topological polar surface area (TPSA) is 118 Å². The van der Waals surface area contributed by atoms with Gasteiger partial charge >= 0.3 is 0 Å². The van der Waals surface area contributed by atoms with Crippen molar-refractivity contribution in [1.82, 2.24) is 14.1 Å². The number of fused-ring (bicyclic) bond motifs is 1. The maximum absolute atomic E-state index is 13.4. The second-order valence-electron chi connectivity index (χ2n) is 8.64. The predicted molar refractivity (Wildman–Crippen MR) is 127 cm³/mol. The highest BCUT2D eigenvalue weighted by Crippen LogP contribution is 2.33. The van der Waals surface area contributed by atoms with Crippen molar-refractivity contribution in [2.24, 2.45) is 0 Å². The van der Waals surface area contributed by atoms with Gasteiger partial charge in [0, 0.05) is 24.2 Å². The van der Waals surface area contributed by atoms with Gasteiger partial charge in [0.05, 0.1) is 27.8 Å². The number of rotatable bonds is 5. The van der Waals surface area contributed by atoms with Crippen LogP contribution in [0, 0.1) is 5.82 Å². The van der Waals surface area contributed by atoms with Gasteiger partial charge in [-0.05, 0) is 61.4 Å². The molecule has 1 saturated heterocycles. The Kier molecular flexibility index (Phi) is 5.98. The van der Waals surface area contributed by atoms with Crippen LogP contribution in [0.15, 0.2) is 53.4 Å². The van der Waals surface area contributed by atoms with E-state index in [0.717, 1.165) is 19.3 Å². The summed E-state index contributed by atoms with van der Waals surface area (Å²) in [5, 5.41) is 7.07. The van der Waals surface area contributed by atoms with Gasteiger partial charge in [-0.1, -0.05) is 6.42 Å². The van der Waals surface area contributed by atoms with Crippen LogP contribution in [0.25, 0.3) is 5.69 Å². The number of hydrogen-bond donors (Lipinski definition) is 1. The van der Waals surface area contributed by atoms with Crippen LogP contribution >= 0.6 is 0 Å². The fourth-order valence-corrected chi connectivity index (χ4v) is 7.36. The number of hydrogen-bond acceptors (Lipinski definition) is 6. The number of anilines is 1. The van der Waals surface area contributed by atoms with Crippen LogP contribution < -0.4 is 5.32 Å². The molecule has 0 bridgehead atoms. The Balaban J connectivity index is 1.43. The van der Waals surface area contributed by atoms with E-state index in [-0.39, 0.29) is 27.8 Å². The van der Waals surface area contributed by atoms with Gasteiger partial charge in [-0.15, -0.1) is 0 Å². The fourth-order valence-electron chi connectivity index (χ4n) is 4.35. The molecule has 2 aliphatic heterocycles. The Labute approximate surface area is 202 Å². The van der Waals surface area contributed by atoms with Crippen molar-refractivity contribution in [3.8, 4) is 5.69 Å². The molecule has 0 atom stereocenters. The number of halogens is 1. The van der Waals surface area contributed by atoms with Crippen LogP contribution in [0.4, 0.5) is 10.2 Å². The molecule has 0 radical (unpaired) electrons. The largest absolute Gasteiger partial charge is 0.306 e. The van der Waals surface area contributed by atoms with Gasteiger partial charge < -0.3 is 5.32 Å². The molecular formula is C23H23FN4O5S2. The summed E-state index contributed by atoms with van der Waals surface area (Å²) in [5.74, 6) is -1.33. The van der Waals surface area contributed by atoms with Crippen molar-refractivity contribution in [1.29, 1.82) is 0 Å². The second kappa shape index (κ2) is 8.85. The fraction of sp³-hybridized carbons (Fsp3) is 0.304. The van der Waals surface area contributed by atoms with E-state index in [2.05, 4.69) is 10.4 Å². The normalized spacial score (nSPS) is 17.7. The van der Waals surface area contributed by atoms with Crippen molar-refractivity contribution in [2.45, 2.75) is 35.7 Å². The van der Waals surface area contributed by atoms with E-state index in [0.29, 0.717) is 30.0 Å². The molecule has 2 aliphatic rings. The molecule has 35 heavy (non-hydrogen) atoms. The molecule has 1 fully saturated rings. The number of carbonyl (C=O) groups excluding carboxylic acids is 1. The van der Waals surface area contributed by atoms with Crippen molar-refractivity contribution in [3.05, 3.63) is 71.2 Å². The van der Waals surface area contributed by atoms with Crippen LogP contribution in [0.1, 0.15) is 40.9 Å². The average molecular weight is 519 g/mol. The number of carbonyl (C=O) groups is 1. The predicted octanol–water partition coefficient (Wildman–Crippen LogP) is 2.87. The molecule has 1 N–H and O–H groups in total. The highest BCUT2D eigenvalue weighted by atomic mass is 32.2. The Morgan fingerprint density at radius 2 is 1.60 bits per heavy atom. The first-order valence-electron chi connectivity index (χ1n) is 11.1. The third-order valence-corrected chi connectivity index (χ3v) is 9.51. The summed E-state index contributed by atoms with van der Waals surface area (Å²) in [6.07, 6.45) is 2.65. The lowest BCUT2D eigenvalue weighted by Crippen LogP contribution is -2.35. The van der Waals surface area contributed by atoms with Gasteiger partial charge in [0.1, 0.15) is 11.6 Å². The van der Waals surface area contributed by atoms with E-state index in [9.17, 15) is 26.0 Å². The molecule has 12 heteroatoms. The molecule has 0 aliphatic carbocycles. The number of benzene rings is 2. The number of amides is 1. The summed E-state index contributed by atoms with van der Waals surface area (Å²) in [7, 11) is -7.01. The van der Waals surface area contributed by atoms with Crippen LogP contribution in [0.5, 0.6) is 0 Å². The molecule has 0 saturated carbocycles. The van der Waals surface area contributed by atoms with Crippen LogP contribution in [-0.2, 0) is 31.4 Å². The molecule has 2 aromatic carbocycles. The van der Waals surface area contributed by atoms with Crippen LogP contribution in [0.2, 0.25) is 0 Å². The zero-order valence-electron chi connectivity index (χ0n) is 18.6. The molecule has 9 nitrogen and oxygen atoms in total. The molecule has 1 aromatic heterocycles. The molecule has 3 heterocycles. The number of sulfonamides is 1. The molecule has 184 valence electrons. The lowest BCUT2D eigenvalue weighted by Gasteiger charge is -2.25. The number of piperidine rings is 1. The number of sulfone groups is 1. The smallest absolute Gasteiger partial charge is 0.256 e. The minimum atomic E-state index is -3.63.